The summed E-state index contributed by atoms with van der Waals surface area (Å²) in [6, 6.07) is 0. The maximum absolute atomic E-state index is 10.9. The molecule has 0 fully saturated rings. The van der Waals surface area contributed by atoms with E-state index in [-0.39, 0.29) is 10.8 Å². The number of allylic oxidation sites excluding steroid dienone is 1. The topological polar surface area (TPSA) is 66.4 Å². The Kier molecular flexibility index (Phi) is 3.93. The molecule has 0 bridgehead atoms. The van der Waals surface area contributed by atoms with Gasteiger partial charge in [-0.25, -0.2) is 8.42 Å². The summed E-state index contributed by atoms with van der Waals surface area (Å²) < 4.78 is 38.1. The van der Waals surface area contributed by atoms with E-state index >= 15 is 0 Å². The van der Waals surface area contributed by atoms with Crippen molar-refractivity contribution in [1.82, 2.24) is 0 Å². The zero-order valence-electron chi connectivity index (χ0n) is 9.76. The highest BCUT2D eigenvalue weighted by atomic mass is 32.2. The molecule has 4 nitrogen and oxygen atoms in total. The molecule has 0 saturated heterocycles. The molecular weight excluding hydrogens is 228 g/mol. The second-order valence-corrected chi connectivity index (χ2v) is 5.52. The lowest BCUT2D eigenvalue weighted by Gasteiger charge is -2.35. The molecule has 1 rings (SSSR count). The minimum absolute atomic E-state index is 0.0776. The first-order valence-electron chi connectivity index (χ1n) is 5.25. The monoisotopic (exact) mass is 245 g/mol. The predicted molar refractivity (Wildman–Crippen MR) is 60.7 cm³/mol. The van der Waals surface area contributed by atoms with E-state index in [1.807, 2.05) is 13.8 Å². The van der Waals surface area contributed by atoms with Crippen molar-refractivity contribution in [2.24, 2.45) is 5.92 Å². The Morgan fingerprint density at radius 2 is 2.19 bits per heavy atom. The van der Waals surface area contributed by atoms with Crippen molar-refractivity contribution in [2.75, 3.05) is 7.11 Å². The Morgan fingerprint density at radius 1 is 1.56 bits per heavy atom. The van der Waals surface area contributed by atoms with Gasteiger partial charge in [-0.2, -0.15) is 0 Å². The molecule has 0 N–H and O–H groups in total. The van der Waals surface area contributed by atoms with E-state index in [1.165, 1.54) is 12.2 Å². The van der Waals surface area contributed by atoms with Crippen molar-refractivity contribution >= 4 is 10.1 Å². The van der Waals surface area contributed by atoms with Crippen LogP contribution in [0.15, 0.2) is 23.1 Å². The van der Waals surface area contributed by atoms with Crippen LogP contribution in [-0.2, 0) is 14.9 Å². The van der Waals surface area contributed by atoms with Crippen molar-refractivity contribution < 1.29 is 17.7 Å². The fourth-order valence-corrected chi connectivity index (χ4v) is 2.42. The number of methoxy groups -OCH3 is 1. The molecule has 5 heteroatoms. The van der Waals surface area contributed by atoms with Crippen molar-refractivity contribution in [3.8, 4) is 0 Å². The highest BCUT2D eigenvalue weighted by Gasteiger charge is 2.33. The van der Waals surface area contributed by atoms with Crippen LogP contribution in [0.3, 0.4) is 0 Å². The van der Waals surface area contributed by atoms with Gasteiger partial charge in [0.15, 0.2) is 0 Å². The van der Waals surface area contributed by atoms with Gasteiger partial charge in [-0.15, -0.1) is 0 Å². The van der Waals surface area contributed by atoms with E-state index in [0.717, 1.165) is 12.8 Å². The highest BCUT2D eigenvalue weighted by Crippen LogP contribution is 2.34. The molecular formula is C11H17O4S-. The predicted octanol–water partition coefficient (Wildman–Crippen LogP) is 1.81. The van der Waals surface area contributed by atoms with E-state index in [0.29, 0.717) is 0 Å². The third-order valence-corrected chi connectivity index (χ3v) is 3.86. The second kappa shape index (κ2) is 4.69. The molecule has 0 aromatic carbocycles. The zero-order chi connectivity index (χ0) is 12.4. The molecule has 0 radical (unpaired) electrons. The standard InChI is InChI=1S/C11H18O4S/c1-4-5-9-8-10(16(12,13)14)6-7-11(9,2)15-3/h6-9H,4-5H2,1-3H3,(H,12,13,14)/p-1. The van der Waals surface area contributed by atoms with Gasteiger partial charge in [-0.3, -0.25) is 0 Å². The lowest BCUT2D eigenvalue weighted by Crippen LogP contribution is -2.36. The molecule has 1 aliphatic rings. The quantitative estimate of drug-likeness (QED) is 0.708. The van der Waals surface area contributed by atoms with E-state index in [4.69, 9.17) is 4.74 Å². The number of rotatable bonds is 4. The molecule has 0 heterocycles. The Hall–Kier alpha value is -0.650. The molecule has 1 aliphatic carbocycles. The van der Waals surface area contributed by atoms with Gasteiger partial charge < -0.3 is 9.29 Å². The van der Waals surface area contributed by atoms with Gasteiger partial charge in [0.1, 0.15) is 10.1 Å². The Balaban J connectivity index is 3.07. The molecule has 0 aromatic rings. The summed E-state index contributed by atoms with van der Waals surface area (Å²) in [5.41, 5.74) is -0.524. The second-order valence-electron chi connectivity index (χ2n) is 4.14. The van der Waals surface area contributed by atoms with Crippen LogP contribution >= 0.6 is 0 Å². The van der Waals surface area contributed by atoms with Crippen molar-refractivity contribution in [3.63, 3.8) is 0 Å². The summed E-state index contributed by atoms with van der Waals surface area (Å²) in [4.78, 5) is -0.152. The van der Waals surface area contributed by atoms with E-state index in [1.54, 1.807) is 13.2 Å². The van der Waals surface area contributed by atoms with Gasteiger partial charge in [0.05, 0.1) is 10.5 Å². The largest absolute Gasteiger partial charge is 0.744 e. The molecule has 0 aliphatic heterocycles. The van der Waals surface area contributed by atoms with Gasteiger partial charge in [0.25, 0.3) is 0 Å². The zero-order valence-corrected chi connectivity index (χ0v) is 10.6. The Bertz CT molecular complexity index is 408. The van der Waals surface area contributed by atoms with Crippen LogP contribution < -0.4 is 0 Å². The summed E-state index contributed by atoms with van der Waals surface area (Å²) in [6.07, 6.45) is 6.18. The lowest BCUT2D eigenvalue weighted by molar-refractivity contribution is 0.00947. The lowest BCUT2D eigenvalue weighted by atomic mass is 9.82. The minimum atomic E-state index is -4.37. The van der Waals surface area contributed by atoms with E-state index in [9.17, 15) is 13.0 Å². The molecule has 0 aromatic heterocycles. The summed E-state index contributed by atoms with van der Waals surface area (Å²) in [5, 5.41) is 0. The summed E-state index contributed by atoms with van der Waals surface area (Å²) in [5.74, 6) is -0.0776. The van der Waals surface area contributed by atoms with E-state index < -0.39 is 15.7 Å². The average Bonchev–Trinajstić information content (AvgIpc) is 2.20. The molecule has 0 amide bonds. The summed E-state index contributed by atoms with van der Waals surface area (Å²) in [7, 11) is -2.79. The van der Waals surface area contributed by atoms with Crippen LogP contribution in [0.25, 0.3) is 0 Å². The van der Waals surface area contributed by atoms with Crippen LogP contribution in [0, 0.1) is 5.92 Å². The third kappa shape index (κ3) is 2.72. The highest BCUT2D eigenvalue weighted by molar-refractivity contribution is 7.89. The van der Waals surface area contributed by atoms with Crippen molar-refractivity contribution in [3.05, 3.63) is 23.1 Å². The molecule has 2 unspecified atom stereocenters. The van der Waals surface area contributed by atoms with Crippen LogP contribution in [0.5, 0.6) is 0 Å². The summed E-state index contributed by atoms with van der Waals surface area (Å²) in [6.45, 7) is 3.89. The maximum atomic E-state index is 10.9. The number of hydrogen-bond donors (Lipinski definition) is 0. The van der Waals surface area contributed by atoms with Crippen LogP contribution in [-0.4, -0.2) is 25.7 Å². The fraction of sp³-hybridized carbons (Fsp3) is 0.636. The average molecular weight is 245 g/mol. The number of hydrogen-bond acceptors (Lipinski definition) is 4. The van der Waals surface area contributed by atoms with E-state index in [2.05, 4.69) is 0 Å². The maximum Gasteiger partial charge on any atom is 0.124 e. The Morgan fingerprint density at radius 3 is 2.62 bits per heavy atom. The molecule has 2 atom stereocenters. The Labute approximate surface area is 96.7 Å². The third-order valence-electron chi connectivity index (χ3n) is 3.01. The number of ether oxygens (including phenoxy) is 1. The van der Waals surface area contributed by atoms with Gasteiger partial charge in [-0.05, 0) is 19.4 Å². The van der Waals surface area contributed by atoms with Crippen molar-refractivity contribution in [2.45, 2.75) is 32.3 Å². The van der Waals surface area contributed by atoms with Gasteiger partial charge in [0.2, 0.25) is 0 Å². The first-order chi connectivity index (χ1) is 7.33. The van der Waals surface area contributed by atoms with Gasteiger partial charge >= 0.3 is 0 Å². The van der Waals surface area contributed by atoms with Crippen LogP contribution in [0.1, 0.15) is 26.7 Å². The first-order valence-corrected chi connectivity index (χ1v) is 6.66. The van der Waals surface area contributed by atoms with Gasteiger partial charge in [0, 0.05) is 13.0 Å². The van der Waals surface area contributed by atoms with Crippen molar-refractivity contribution in [1.29, 1.82) is 0 Å². The molecule has 0 saturated carbocycles. The van der Waals surface area contributed by atoms with Gasteiger partial charge in [-0.1, -0.05) is 25.5 Å². The fourth-order valence-electron chi connectivity index (χ4n) is 1.86. The molecule has 16 heavy (non-hydrogen) atoms. The molecule has 92 valence electrons. The molecule has 0 spiro atoms. The van der Waals surface area contributed by atoms with Crippen LogP contribution in [0.4, 0.5) is 0 Å². The minimum Gasteiger partial charge on any atom is -0.744 e. The SMILES string of the molecule is CCCC1C=C(S(=O)(=O)[O-])C=CC1(C)OC. The first kappa shape index (κ1) is 13.4. The normalized spacial score (nSPS) is 30.2. The summed E-state index contributed by atoms with van der Waals surface area (Å²) >= 11 is 0. The smallest absolute Gasteiger partial charge is 0.124 e. The van der Waals surface area contributed by atoms with Crippen LogP contribution in [0.2, 0.25) is 0 Å².